The molecule has 0 unspecified atom stereocenters. The fraction of sp³-hybridized carbons (Fsp3) is 0.172. The molecule has 7 heteroatoms. The molecule has 3 aromatic carbocycles. The standard InChI is InChI=1S/C29H26ClN3O3/c1-19-25(16-29(34)32(2)35)26-15-24(36-18-23-12-9-21-5-3-4-6-27(21)31-23)13-14-28(26)33(19)17-20-7-10-22(30)11-8-20/h3-15,35H,16-18H2,1-2H3. The zero-order valence-electron chi connectivity index (χ0n) is 20.1. The molecule has 6 nitrogen and oxygen atoms in total. The Balaban J connectivity index is 1.48. The number of carbonyl (C=O) groups excluding carboxylic acids is 1. The van der Waals surface area contributed by atoms with Gasteiger partial charge in [-0.2, -0.15) is 0 Å². The number of aromatic nitrogens is 2. The van der Waals surface area contributed by atoms with Crippen LogP contribution in [0.25, 0.3) is 21.8 Å². The van der Waals surface area contributed by atoms with E-state index in [2.05, 4.69) is 9.55 Å². The molecule has 1 amide bonds. The van der Waals surface area contributed by atoms with Crippen molar-refractivity contribution in [3.05, 3.63) is 106 Å². The number of ether oxygens (including phenoxy) is 1. The highest BCUT2D eigenvalue weighted by Crippen LogP contribution is 2.31. The van der Waals surface area contributed by atoms with E-state index in [9.17, 15) is 10.0 Å². The molecule has 0 fully saturated rings. The Hall–Kier alpha value is -3.87. The first-order valence-corrected chi connectivity index (χ1v) is 12.1. The number of benzene rings is 3. The predicted octanol–water partition coefficient (Wildman–Crippen LogP) is 6.17. The highest BCUT2D eigenvalue weighted by Gasteiger charge is 2.19. The highest BCUT2D eigenvalue weighted by atomic mass is 35.5. The summed E-state index contributed by atoms with van der Waals surface area (Å²) >= 11 is 6.06. The third-order valence-electron chi connectivity index (χ3n) is 6.41. The second-order valence-corrected chi connectivity index (χ2v) is 9.27. The Kier molecular flexibility index (Phi) is 6.63. The summed E-state index contributed by atoms with van der Waals surface area (Å²) in [5.74, 6) is 0.308. The monoisotopic (exact) mass is 499 g/mol. The van der Waals surface area contributed by atoms with Crippen LogP contribution in [-0.4, -0.2) is 32.8 Å². The number of carbonyl (C=O) groups is 1. The van der Waals surface area contributed by atoms with Gasteiger partial charge >= 0.3 is 0 Å². The van der Waals surface area contributed by atoms with Crippen LogP contribution in [0.1, 0.15) is 22.5 Å². The molecule has 0 aliphatic heterocycles. The van der Waals surface area contributed by atoms with Gasteiger partial charge in [0.1, 0.15) is 12.4 Å². The number of para-hydroxylation sites is 1. The summed E-state index contributed by atoms with van der Waals surface area (Å²) in [5.41, 5.74) is 5.67. The summed E-state index contributed by atoms with van der Waals surface area (Å²) < 4.78 is 8.28. The van der Waals surface area contributed by atoms with Crippen molar-refractivity contribution >= 4 is 39.3 Å². The predicted molar refractivity (Wildman–Crippen MR) is 142 cm³/mol. The van der Waals surface area contributed by atoms with Gasteiger partial charge in [0.15, 0.2) is 0 Å². The van der Waals surface area contributed by atoms with Gasteiger partial charge in [0.25, 0.3) is 0 Å². The van der Waals surface area contributed by atoms with Crippen LogP contribution in [0.3, 0.4) is 0 Å². The molecule has 2 aromatic heterocycles. The first-order chi connectivity index (χ1) is 17.4. The minimum absolute atomic E-state index is 0.0820. The second kappa shape index (κ2) is 10.0. The van der Waals surface area contributed by atoms with Gasteiger partial charge in [-0.3, -0.25) is 10.0 Å². The van der Waals surface area contributed by atoms with Crippen LogP contribution in [0.5, 0.6) is 5.75 Å². The van der Waals surface area contributed by atoms with Crippen LogP contribution in [0.15, 0.2) is 78.9 Å². The summed E-state index contributed by atoms with van der Waals surface area (Å²) in [6.07, 6.45) is 0.0820. The van der Waals surface area contributed by atoms with Gasteiger partial charge < -0.3 is 9.30 Å². The minimum atomic E-state index is -0.379. The molecule has 0 saturated carbocycles. The molecule has 0 radical (unpaired) electrons. The Morgan fingerprint density at radius 2 is 1.83 bits per heavy atom. The second-order valence-electron chi connectivity index (χ2n) is 8.83. The molecule has 0 aliphatic carbocycles. The zero-order valence-corrected chi connectivity index (χ0v) is 20.9. The van der Waals surface area contributed by atoms with Crippen molar-refractivity contribution in [1.82, 2.24) is 14.6 Å². The van der Waals surface area contributed by atoms with E-state index in [1.807, 2.05) is 85.8 Å². The summed E-state index contributed by atoms with van der Waals surface area (Å²) in [6.45, 7) is 2.95. The SMILES string of the molecule is Cc1c(CC(=O)N(C)O)c2cc(OCc3ccc4ccccc4n3)ccc2n1Cc1ccc(Cl)cc1. The molecular formula is C29H26ClN3O3. The van der Waals surface area contributed by atoms with Crippen LogP contribution in [-0.2, 0) is 24.4 Å². The maximum atomic E-state index is 12.4. The van der Waals surface area contributed by atoms with Crippen molar-refractivity contribution in [3.63, 3.8) is 0 Å². The van der Waals surface area contributed by atoms with E-state index in [-0.39, 0.29) is 12.3 Å². The van der Waals surface area contributed by atoms with Gasteiger partial charge in [-0.05, 0) is 60.5 Å². The Labute approximate surface area is 214 Å². The average Bonchev–Trinajstić information content (AvgIpc) is 3.13. The maximum absolute atomic E-state index is 12.4. The van der Waals surface area contributed by atoms with Gasteiger partial charge in [-0.1, -0.05) is 48.0 Å². The van der Waals surface area contributed by atoms with E-state index in [0.717, 1.165) is 44.3 Å². The van der Waals surface area contributed by atoms with Gasteiger partial charge in [0.2, 0.25) is 5.91 Å². The van der Waals surface area contributed by atoms with Gasteiger partial charge in [-0.15, -0.1) is 0 Å². The normalized spacial score (nSPS) is 11.2. The lowest BCUT2D eigenvalue weighted by Crippen LogP contribution is -2.24. The van der Waals surface area contributed by atoms with Crippen molar-refractivity contribution in [2.75, 3.05) is 7.05 Å². The van der Waals surface area contributed by atoms with E-state index in [1.165, 1.54) is 7.05 Å². The molecule has 0 atom stereocenters. The fourth-order valence-electron chi connectivity index (χ4n) is 4.43. The summed E-state index contributed by atoms with van der Waals surface area (Å²) in [4.78, 5) is 17.1. The first-order valence-electron chi connectivity index (χ1n) is 11.7. The number of hydrogen-bond acceptors (Lipinski definition) is 4. The highest BCUT2D eigenvalue weighted by molar-refractivity contribution is 6.30. The molecule has 0 saturated heterocycles. The maximum Gasteiger partial charge on any atom is 0.250 e. The Bertz CT molecular complexity index is 1560. The van der Waals surface area contributed by atoms with Crippen molar-refractivity contribution in [2.24, 2.45) is 0 Å². The van der Waals surface area contributed by atoms with Gasteiger partial charge in [0.05, 0.1) is 17.6 Å². The molecule has 0 bridgehead atoms. The summed E-state index contributed by atoms with van der Waals surface area (Å²) in [5, 5.41) is 13.0. The third-order valence-corrected chi connectivity index (χ3v) is 6.66. The lowest BCUT2D eigenvalue weighted by atomic mass is 10.1. The minimum Gasteiger partial charge on any atom is -0.487 e. The number of hydrogen-bond donors (Lipinski definition) is 1. The first kappa shape index (κ1) is 23.9. The molecule has 5 aromatic rings. The van der Waals surface area contributed by atoms with Crippen LogP contribution in [0.2, 0.25) is 5.02 Å². The number of fused-ring (bicyclic) bond motifs is 2. The quantitative estimate of drug-likeness (QED) is 0.215. The number of halogens is 1. The molecule has 0 spiro atoms. The van der Waals surface area contributed by atoms with E-state index in [0.29, 0.717) is 29.0 Å². The number of nitrogens with zero attached hydrogens (tertiary/aromatic N) is 3. The summed E-state index contributed by atoms with van der Waals surface area (Å²) in [7, 11) is 1.34. The lowest BCUT2D eigenvalue weighted by molar-refractivity contribution is -0.158. The Morgan fingerprint density at radius 3 is 2.61 bits per heavy atom. The van der Waals surface area contributed by atoms with E-state index in [1.54, 1.807) is 0 Å². The van der Waals surface area contributed by atoms with E-state index < -0.39 is 0 Å². The number of likely N-dealkylation sites (N-methyl/N-ethyl adjacent to an activating group) is 1. The molecule has 182 valence electrons. The Morgan fingerprint density at radius 1 is 1.06 bits per heavy atom. The molecule has 0 aliphatic rings. The molecule has 1 N–H and O–H groups in total. The van der Waals surface area contributed by atoms with Gasteiger partial charge in [-0.25, -0.2) is 10.0 Å². The number of amides is 1. The van der Waals surface area contributed by atoms with Crippen LogP contribution < -0.4 is 4.74 Å². The topological polar surface area (TPSA) is 67.6 Å². The van der Waals surface area contributed by atoms with Crippen molar-refractivity contribution < 1.29 is 14.7 Å². The van der Waals surface area contributed by atoms with Crippen LogP contribution in [0, 0.1) is 6.92 Å². The van der Waals surface area contributed by atoms with E-state index in [4.69, 9.17) is 16.3 Å². The molecule has 2 heterocycles. The van der Waals surface area contributed by atoms with Crippen molar-refractivity contribution in [2.45, 2.75) is 26.5 Å². The number of pyridine rings is 1. The fourth-order valence-corrected chi connectivity index (χ4v) is 4.56. The van der Waals surface area contributed by atoms with Crippen molar-refractivity contribution in [1.29, 1.82) is 0 Å². The molecular weight excluding hydrogens is 474 g/mol. The average molecular weight is 500 g/mol. The van der Waals surface area contributed by atoms with E-state index >= 15 is 0 Å². The smallest absolute Gasteiger partial charge is 0.250 e. The number of hydroxylamine groups is 2. The molecule has 5 rings (SSSR count). The largest absolute Gasteiger partial charge is 0.487 e. The third kappa shape index (κ3) is 4.91. The lowest BCUT2D eigenvalue weighted by Gasteiger charge is -2.10. The zero-order chi connectivity index (χ0) is 25.2. The van der Waals surface area contributed by atoms with Crippen molar-refractivity contribution in [3.8, 4) is 5.75 Å². The van der Waals surface area contributed by atoms with Crippen LogP contribution >= 0.6 is 11.6 Å². The van der Waals surface area contributed by atoms with Gasteiger partial charge in [0, 0.05) is 40.6 Å². The number of rotatable bonds is 7. The molecule has 36 heavy (non-hydrogen) atoms. The summed E-state index contributed by atoms with van der Waals surface area (Å²) in [6, 6.07) is 25.6. The van der Waals surface area contributed by atoms with Crippen LogP contribution in [0.4, 0.5) is 0 Å².